The van der Waals surface area contributed by atoms with Crippen LogP contribution in [-0.2, 0) is 4.79 Å². The Balaban J connectivity index is 2.36. The molecule has 0 spiro atoms. The SMILES string of the molecule is CN1C2=C(C=C(Br)N1C=O)CCCC2. The summed E-state index contributed by atoms with van der Waals surface area (Å²) in [6.07, 6.45) is 7.57. The van der Waals surface area contributed by atoms with Gasteiger partial charge in [0, 0.05) is 12.7 Å². The molecule has 1 aliphatic carbocycles. The van der Waals surface area contributed by atoms with Gasteiger partial charge in [-0.1, -0.05) is 0 Å². The Labute approximate surface area is 92.2 Å². The molecular weight excluding hydrogens is 244 g/mol. The summed E-state index contributed by atoms with van der Waals surface area (Å²) in [4.78, 5) is 10.8. The van der Waals surface area contributed by atoms with E-state index in [1.165, 1.54) is 24.1 Å². The van der Waals surface area contributed by atoms with Gasteiger partial charge in [0.05, 0.1) is 0 Å². The Morgan fingerprint density at radius 1 is 1.43 bits per heavy atom. The van der Waals surface area contributed by atoms with E-state index in [9.17, 15) is 4.79 Å². The molecule has 0 N–H and O–H groups in total. The van der Waals surface area contributed by atoms with Gasteiger partial charge in [-0.2, -0.15) is 0 Å². The van der Waals surface area contributed by atoms with Crippen LogP contribution in [-0.4, -0.2) is 23.5 Å². The Morgan fingerprint density at radius 3 is 2.86 bits per heavy atom. The van der Waals surface area contributed by atoms with Crippen LogP contribution in [0.4, 0.5) is 0 Å². The van der Waals surface area contributed by atoms with Crippen molar-refractivity contribution in [1.29, 1.82) is 0 Å². The van der Waals surface area contributed by atoms with Gasteiger partial charge in [-0.15, -0.1) is 0 Å². The summed E-state index contributed by atoms with van der Waals surface area (Å²) in [6, 6.07) is 0. The number of nitrogens with zero attached hydrogens (tertiary/aromatic N) is 2. The summed E-state index contributed by atoms with van der Waals surface area (Å²) in [5.41, 5.74) is 2.65. The Morgan fingerprint density at radius 2 is 2.14 bits per heavy atom. The number of carbonyl (C=O) groups excluding carboxylic acids is 1. The van der Waals surface area contributed by atoms with E-state index in [1.807, 2.05) is 12.1 Å². The number of halogens is 1. The maximum Gasteiger partial charge on any atom is 0.233 e. The molecule has 0 radical (unpaired) electrons. The highest BCUT2D eigenvalue weighted by molar-refractivity contribution is 9.11. The van der Waals surface area contributed by atoms with Crippen molar-refractivity contribution < 1.29 is 4.79 Å². The predicted molar refractivity (Wildman–Crippen MR) is 58.2 cm³/mol. The predicted octanol–water partition coefficient (Wildman–Crippen LogP) is 2.37. The highest BCUT2D eigenvalue weighted by Gasteiger charge is 2.24. The van der Waals surface area contributed by atoms with E-state index in [2.05, 4.69) is 22.0 Å². The maximum atomic E-state index is 10.8. The molecule has 0 unspecified atom stereocenters. The molecule has 1 heterocycles. The molecule has 4 heteroatoms. The van der Waals surface area contributed by atoms with Crippen molar-refractivity contribution in [2.24, 2.45) is 0 Å². The first kappa shape index (κ1) is 9.77. The number of allylic oxidation sites excluding steroid dienone is 3. The summed E-state index contributed by atoms with van der Waals surface area (Å²) in [5.74, 6) is 0. The minimum absolute atomic E-state index is 0.829. The third kappa shape index (κ3) is 1.47. The summed E-state index contributed by atoms with van der Waals surface area (Å²) in [5, 5.41) is 3.52. The lowest BCUT2D eigenvalue weighted by molar-refractivity contribution is -0.125. The highest BCUT2D eigenvalue weighted by Crippen LogP contribution is 2.34. The van der Waals surface area contributed by atoms with E-state index in [0.29, 0.717) is 0 Å². The molecule has 0 fully saturated rings. The molecule has 0 saturated carbocycles. The van der Waals surface area contributed by atoms with Crippen LogP contribution in [0.5, 0.6) is 0 Å². The van der Waals surface area contributed by atoms with E-state index in [4.69, 9.17) is 0 Å². The maximum absolute atomic E-state index is 10.8. The van der Waals surface area contributed by atoms with Crippen LogP contribution in [0.25, 0.3) is 0 Å². The molecule has 0 aromatic carbocycles. The topological polar surface area (TPSA) is 23.6 Å². The van der Waals surface area contributed by atoms with Crippen molar-refractivity contribution in [3.8, 4) is 0 Å². The second-order valence-corrected chi connectivity index (χ2v) is 4.43. The second-order valence-electron chi connectivity index (χ2n) is 3.62. The van der Waals surface area contributed by atoms with Crippen LogP contribution in [0, 0.1) is 0 Å². The smallest absolute Gasteiger partial charge is 0.233 e. The van der Waals surface area contributed by atoms with Gasteiger partial charge in [-0.25, -0.2) is 5.01 Å². The Bertz CT molecular complexity index is 322. The normalized spacial score (nSPS) is 22.0. The first-order chi connectivity index (χ1) is 6.74. The molecule has 2 aliphatic rings. The van der Waals surface area contributed by atoms with Crippen LogP contribution in [0.3, 0.4) is 0 Å². The lowest BCUT2D eigenvalue weighted by Crippen LogP contribution is -2.39. The van der Waals surface area contributed by atoms with Crippen molar-refractivity contribution in [2.75, 3.05) is 7.05 Å². The number of hydrazine groups is 1. The molecule has 0 aromatic rings. The van der Waals surface area contributed by atoms with Crippen LogP contribution >= 0.6 is 15.9 Å². The summed E-state index contributed by atoms with van der Waals surface area (Å²) >= 11 is 3.40. The third-order valence-corrected chi connectivity index (χ3v) is 3.40. The number of hydrogen-bond acceptors (Lipinski definition) is 2. The molecule has 76 valence electrons. The molecule has 3 nitrogen and oxygen atoms in total. The van der Waals surface area contributed by atoms with Crippen molar-refractivity contribution in [1.82, 2.24) is 10.0 Å². The number of rotatable bonds is 1. The van der Waals surface area contributed by atoms with Crippen molar-refractivity contribution in [2.45, 2.75) is 25.7 Å². The molecule has 14 heavy (non-hydrogen) atoms. The van der Waals surface area contributed by atoms with Gasteiger partial charge in [0.2, 0.25) is 6.41 Å². The Hall–Kier alpha value is -0.770. The lowest BCUT2D eigenvalue weighted by Gasteiger charge is -2.38. The quantitative estimate of drug-likeness (QED) is 0.532. The Kier molecular flexibility index (Phi) is 2.63. The van der Waals surface area contributed by atoms with Crippen molar-refractivity contribution >= 4 is 22.3 Å². The van der Waals surface area contributed by atoms with Gasteiger partial charge in [0.15, 0.2) is 0 Å². The fraction of sp³-hybridized carbons (Fsp3) is 0.500. The van der Waals surface area contributed by atoms with E-state index >= 15 is 0 Å². The molecular formula is C10H13BrN2O. The molecule has 2 rings (SSSR count). The summed E-state index contributed by atoms with van der Waals surface area (Å²) in [7, 11) is 1.93. The average molecular weight is 257 g/mol. The van der Waals surface area contributed by atoms with Gasteiger partial charge in [0.1, 0.15) is 4.61 Å². The first-order valence-corrected chi connectivity index (χ1v) is 5.60. The van der Waals surface area contributed by atoms with Crippen LogP contribution < -0.4 is 0 Å². The van der Waals surface area contributed by atoms with E-state index < -0.39 is 0 Å². The molecule has 0 aromatic heterocycles. The van der Waals surface area contributed by atoms with Gasteiger partial charge in [0.25, 0.3) is 0 Å². The van der Waals surface area contributed by atoms with Crippen LogP contribution in [0.1, 0.15) is 25.7 Å². The minimum atomic E-state index is 0.829. The summed E-state index contributed by atoms with van der Waals surface area (Å²) in [6.45, 7) is 0. The molecule has 0 bridgehead atoms. The minimum Gasteiger partial charge on any atom is -0.285 e. The number of carbonyl (C=O) groups is 1. The lowest BCUT2D eigenvalue weighted by atomic mass is 9.95. The van der Waals surface area contributed by atoms with Crippen LogP contribution in [0.2, 0.25) is 0 Å². The molecule has 0 atom stereocenters. The van der Waals surface area contributed by atoms with E-state index in [1.54, 1.807) is 5.01 Å². The van der Waals surface area contributed by atoms with Crippen LogP contribution in [0.15, 0.2) is 22.0 Å². The number of hydrogen-bond donors (Lipinski definition) is 0. The largest absolute Gasteiger partial charge is 0.285 e. The number of amides is 1. The molecule has 1 amide bonds. The van der Waals surface area contributed by atoms with Gasteiger partial charge >= 0.3 is 0 Å². The third-order valence-electron chi connectivity index (χ3n) is 2.81. The average Bonchev–Trinajstić information content (AvgIpc) is 2.18. The van der Waals surface area contributed by atoms with Crippen molar-refractivity contribution in [3.63, 3.8) is 0 Å². The van der Waals surface area contributed by atoms with Gasteiger partial charge in [-0.3, -0.25) is 9.80 Å². The van der Waals surface area contributed by atoms with E-state index in [0.717, 1.165) is 23.9 Å². The van der Waals surface area contributed by atoms with Crippen molar-refractivity contribution in [3.05, 3.63) is 22.0 Å². The van der Waals surface area contributed by atoms with Gasteiger partial charge < -0.3 is 0 Å². The second kappa shape index (κ2) is 3.77. The molecule has 1 aliphatic heterocycles. The molecule has 0 saturated heterocycles. The zero-order valence-corrected chi connectivity index (χ0v) is 9.75. The zero-order chi connectivity index (χ0) is 10.1. The fourth-order valence-electron chi connectivity index (χ4n) is 2.04. The zero-order valence-electron chi connectivity index (χ0n) is 8.16. The van der Waals surface area contributed by atoms with Gasteiger partial charge in [-0.05, 0) is 53.3 Å². The fourth-order valence-corrected chi connectivity index (χ4v) is 2.64. The summed E-state index contributed by atoms with van der Waals surface area (Å²) < 4.78 is 0.829. The van der Waals surface area contributed by atoms with E-state index in [-0.39, 0.29) is 0 Å². The standard InChI is InChI=1S/C10H13BrN2O/c1-12-9-5-3-2-4-8(9)6-10(11)13(12)7-14/h6-7H,2-5H2,1H3. The first-order valence-electron chi connectivity index (χ1n) is 4.81. The monoisotopic (exact) mass is 256 g/mol. The highest BCUT2D eigenvalue weighted by atomic mass is 79.9.